The number of hydrogen-bond donors (Lipinski definition) is 1. The second kappa shape index (κ2) is 5.27. The molecule has 0 aliphatic carbocycles. The van der Waals surface area contributed by atoms with Crippen molar-refractivity contribution in [1.29, 1.82) is 0 Å². The average molecular weight is 242 g/mol. The van der Waals surface area contributed by atoms with Crippen LogP contribution in [0.4, 0.5) is 4.39 Å². The van der Waals surface area contributed by atoms with E-state index >= 15 is 0 Å². The second-order valence-corrected chi connectivity index (χ2v) is 3.74. The highest BCUT2D eigenvalue weighted by Gasteiger charge is 2.06. The predicted octanol–water partition coefficient (Wildman–Crippen LogP) is 3.59. The highest BCUT2D eigenvalue weighted by molar-refractivity contribution is 5.87. The molecule has 0 radical (unpaired) electrons. The molecule has 3 heteroatoms. The first-order valence-corrected chi connectivity index (χ1v) is 5.43. The van der Waals surface area contributed by atoms with Crippen LogP contribution in [0.15, 0.2) is 54.6 Å². The zero-order valence-corrected chi connectivity index (χ0v) is 9.51. The van der Waals surface area contributed by atoms with Crippen LogP contribution < -0.4 is 0 Å². The van der Waals surface area contributed by atoms with Crippen LogP contribution in [0.1, 0.15) is 5.56 Å². The van der Waals surface area contributed by atoms with Crippen molar-refractivity contribution in [2.24, 2.45) is 0 Å². The van der Waals surface area contributed by atoms with Gasteiger partial charge in [-0.15, -0.1) is 0 Å². The minimum atomic E-state index is -1.03. The molecule has 0 aromatic heterocycles. The van der Waals surface area contributed by atoms with E-state index in [1.54, 1.807) is 42.5 Å². The van der Waals surface area contributed by atoms with Crippen LogP contribution in [0.5, 0.6) is 0 Å². The molecule has 0 atom stereocenters. The topological polar surface area (TPSA) is 37.3 Å². The zero-order chi connectivity index (χ0) is 13.0. The lowest BCUT2D eigenvalue weighted by atomic mass is 9.99. The van der Waals surface area contributed by atoms with Crippen LogP contribution in [0, 0.1) is 5.82 Å². The number of hydrogen-bond acceptors (Lipinski definition) is 1. The molecule has 0 saturated heterocycles. The molecule has 0 heterocycles. The van der Waals surface area contributed by atoms with Crippen LogP contribution in [0.25, 0.3) is 17.2 Å². The fraction of sp³-hybridized carbons (Fsp3) is 0. The normalized spacial score (nSPS) is 10.7. The number of halogens is 1. The third-order valence-corrected chi connectivity index (χ3v) is 2.53. The summed E-state index contributed by atoms with van der Waals surface area (Å²) >= 11 is 0. The van der Waals surface area contributed by atoms with Gasteiger partial charge in [0, 0.05) is 11.6 Å². The lowest BCUT2D eigenvalue weighted by Crippen LogP contribution is -1.89. The van der Waals surface area contributed by atoms with Gasteiger partial charge < -0.3 is 5.11 Å². The monoisotopic (exact) mass is 242 g/mol. The number of carbonyl (C=O) groups is 1. The maximum atomic E-state index is 13.7. The van der Waals surface area contributed by atoms with E-state index in [0.29, 0.717) is 16.7 Å². The van der Waals surface area contributed by atoms with E-state index < -0.39 is 5.97 Å². The van der Waals surface area contributed by atoms with Gasteiger partial charge in [-0.05, 0) is 23.3 Å². The van der Waals surface area contributed by atoms with E-state index in [1.165, 1.54) is 12.1 Å². The first kappa shape index (κ1) is 12.0. The summed E-state index contributed by atoms with van der Waals surface area (Å²) in [5.74, 6) is -1.35. The summed E-state index contributed by atoms with van der Waals surface area (Å²) in [5, 5.41) is 8.63. The van der Waals surface area contributed by atoms with Gasteiger partial charge in [-0.3, -0.25) is 0 Å². The van der Waals surface area contributed by atoms with Gasteiger partial charge >= 0.3 is 5.97 Å². The maximum Gasteiger partial charge on any atom is 0.328 e. The molecule has 0 bridgehead atoms. The van der Waals surface area contributed by atoms with Crippen molar-refractivity contribution >= 4 is 12.0 Å². The van der Waals surface area contributed by atoms with Gasteiger partial charge in [0.2, 0.25) is 0 Å². The number of carboxylic acid groups (broad SMARTS) is 1. The molecule has 0 unspecified atom stereocenters. The molecule has 0 fully saturated rings. The summed E-state index contributed by atoms with van der Waals surface area (Å²) in [6, 6.07) is 13.5. The van der Waals surface area contributed by atoms with Crippen molar-refractivity contribution in [1.82, 2.24) is 0 Å². The largest absolute Gasteiger partial charge is 0.478 e. The fourth-order valence-electron chi connectivity index (χ4n) is 1.73. The highest BCUT2D eigenvalue weighted by Crippen LogP contribution is 2.26. The Morgan fingerprint density at radius 2 is 1.61 bits per heavy atom. The summed E-state index contributed by atoms with van der Waals surface area (Å²) in [6.45, 7) is 0. The Kier molecular flexibility index (Phi) is 3.53. The minimum absolute atomic E-state index is 0.325. The fourth-order valence-corrected chi connectivity index (χ4v) is 1.73. The molecular formula is C15H11FO2. The lowest BCUT2D eigenvalue weighted by molar-refractivity contribution is -0.131. The summed E-state index contributed by atoms with van der Waals surface area (Å²) in [7, 11) is 0. The van der Waals surface area contributed by atoms with Crippen molar-refractivity contribution < 1.29 is 14.3 Å². The quantitative estimate of drug-likeness (QED) is 0.835. The van der Waals surface area contributed by atoms with Crippen molar-refractivity contribution in [3.8, 4) is 11.1 Å². The van der Waals surface area contributed by atoms with E-state index in [-0.39, 0.29) is 5.82 Å². The average Bonchev–Trinajstić information content (AvgIpc) is 2.37. The molecule has 2 aromatic rings. The smallest absolute Gasteiger partial charge is 0.328 e. The highest BCUT2D eigenvalue weighted by atomic mass is 19.1. The maximum absolute atomic E-state index is 13.7. The van der Waals surface area contributed by atoms with Gasteiger partial charge in [-0.1, -0.05) is 42.5 Å². The van der Waals surface area contributed by atoms with Crippen molar-refractivity contribution in [3.63, 3.8) is 0 Å². The number of aliphatic carboxylic acids is 1. The van der Waals surface area contributed by atoms with Gasteiger partial charge in [0.05, 0.1) is 0 Å². The Morgan fingerprint density at radius 3 is 2.28 bits per heavy atom. The van der Waals surface area contributed by atoms with Gasteiger partial charge in [0.25, 0.3) is 0 Å². The second-order valence-electron chi connectivity index (χ2n) is 3.74. The molecule has 0 saturated carbocycles. The summed E-state index contributed by atoms with van der Waals surface area (Å²) < 4.78 is 13.7. The van der Waals surface area contributed by atoms with Crippen LogP contribution in [0.2, 0.25) is 0 Å². The summed E-state index contributed by atoms with van der Waals surface area (Å²) in [5.41, 5.74) is 1.81. The van der Waals surface area contributed by atoms with Crippen molar-refractivity contribution in [3.05, 3.63) is 66.0 Å². The molecule has 1 N–H and O–H groups in total. The minimum Gasteiger partial charge on any atom is -0.478 e. The molecule has 90 valence electrons. The van der Waals surface area contributed by atoms with E-state index in [2.05, 4.69) is 0 Å². The first-order valence-electron chi connectivity index (χ1n) is 5.43. The summed E-state index contributed by atoms with van der Waals surface area (Å²) in [6.07, 6.45) is 2.50. The number of carboxylic acids is 1. The third-order valence-electron chi connectivity index (χ3n) is 2.53. The van der Waals surface area contributed by atoms with Gasteiger partial charge in [-0.2, -0.15) is 0 Å². The number of rotatable bonds is 3. The molecule has 0 aliphatic rings. The first-order chi connectivity index (χ1) is 8.68. The Bertz CT molecular complexity index is 603. The predicted molar refractivity (Wildman–Crippen MR) is 68.5 cm³/mol. The third kappa shape index (κ3) is 2.63. The van der Waals surface area contributed by atoms with Crippen molar-refractivity contribution in [2.45, 2.75) is 0 Å². The molecule has 2 rings (SSSR count). The number of benzene rings is 2. The van der Waals surface area contributed by atoms with Gasteiger partial charge in [-0.25, -0.2) is 9.18 Å². The van der Waals surface area contributed by atoms with E-state index in [1.807, 2.05) is 0 Å². The van der Waals surface area contributed by atoms with Crippen molar-refractivity contribution in [2.75, 3.05) is 0 Å². The molecule has 0 aliphatic heterocycles. The summed E-state index contributed by atoms with van der Waals surface area (Å²) in [4.78, 5) is 10.5. The SMILES string of the molecule is O=C(O)/C=C/c1ccccc1-c1ccccc1F. The van der Waals surface area contributed by atoms with Crippen LogP contribution >= 0.6 is 0 Å². The van der Waals surface area contributed by atoms with Crippen LogP contribution in [-0.2, 0) is 4.79 Å². The Morgan fingerprint density at radius 1 is 1.00 bits per heavy atom. The van der Waals surface area contributed by atoms with Gasteiger partial charge in [0.15, 0.2) is 0 Å². The Labute approximate surface area is 104 Å². The Hall–Kier alpha value is -2.42. The Balaban J connectivity index is 2.52. The standard InChI is InChI=1S/C15H11FO2/c16-14-8-4-3-7-13(14)12-6-2-1-5-11(12)9-10-15(17)18/h1-10H,(H,17,18)/b10-9+. The van der Waals surface area contributed by atoms with Gasteiger partial charge in [0.1, 0.15) is 5.82 Å². The molecule has 2 nitrogen and oxygen atoms in total. The van der Waals surface area contributed by atoms with E-state index in [9.17, 15) is 9.18 Å². The van der Waals surface area contributed by atoms with Crippen LogP contribution in [0.3, 0.4) is 0 Å². The van der Waals surface area contributed by atoms with E-state index in [0.717, 1.165) is 6.08 Å². The molecule has 0 amide bonds. The van der Waals surface area contributed by atoms with Crippen LogP contribution in [-0.4, -0.2) is 11.1 Å². The molecule has 18 heavy (non-hydrogen) atoms. The molecular weight excluding hydrogens is 231 g/mol. The molecule has 0 spiro atoms. The zero-order valence-electron chi connectivity index (χ0n) is 9.51. The molecule has 2 aromatic carbocycles. The van der Waals surface area contributed by atoms with E-state index in [4.69, 9.17) is 5.11 Å². The lowest BCUT2D eigenvalue weighted by Gasteiger charge is -2.07.